The fourth-order valence-corrected chi connectivity index (χ4v) is 2.76. The molecule has 16 heavy (non-hydrogen) atoms. The molecule has 0 aromatic heterocycles. The van der Waals surface area contributed by atoms with Crippen molar-refractivity contribution >= 4 is 10.8 Å². The summed E-state index contributed by atoms with van der Waals surface area (Å²) in [5, 5.41) is 3.57. The topological polar surface area (TPSA) is 32.3 Å². The Morgan fingerprint density at radius 2 is 2.06 bits per heavy atom. The van der Waals surface area contributed by atoms with Crippen molar-refractivity contribution in [2.75, 3.05) is 38.7 Å². The number of likely N-dealkylation sites (tertiary alicyclic amines) is 1. The molecule has 3 nitrogen and oxygen atoms in total. The van der Waals surface area contributed by atoms with E-state index in [1.165, 1.54) is 25.9 Å². The molecule has 1 N–H and O–H groups in total. The fourth-order valence-electron chi connectivity index (χ4n) is 2.08. The summed E-state index contributed by atoms with van der Waals surface area (Å²) in [6.45, 7) is 5.80. The summed E-state index contributed by atoms with van der Waals surface area (Å²) in [6, 6.07) is 0.503. The van der Waals surface area contributed by atoms with Gasteiger partial charge < -0.3 is 10.2 Å². The van der Waals surface area contributed by atoms with E-state index in [0.717, 1.165) is 24.6 Å². The van der Waals surface area contributed by atoms with Crippen molar-refractivity contribution < 1.29 is 4.21 Å². The largest absolute Gasteiger partial charge is 0.314 e. The van der Waals surface area contributed by atoms with Crippen LogP contribution in [0.3, 0.4) is 0 Å². The van der Waals surface area contributed by atoms with Gasteiger partial charge in [0.2, 0.25) is 0 Å². The third kappa shape index (κ3) is 5.97. The van der Waals surface area contributed by atoms with Crippen LogP contribution >= 0.6 is 0 Å². The zero-order valence-electron chi connectivity index (χ0n) is 10.9. The molecule has 0 radical (unpaired) electrons. The van der Waals surface area contributed by atoms with Gasteiger partial charge in [0.15, 0.2) is 0 Å². The highest BCUT2D eigenvalue weighted by atomic mass is 32.2. The molecule has 0 saturated carbocycles. The second-order valence-corrected chi connectivity index (χ2v) is 6.68. The van der Waals surface area contributed by atoms with E-state index < -0.39 is 10.8 Å². The van der Waals surface area contributed by atoms with Crippen molar-refractivity contribution in [2.45, 2.75) is 32.2 Å². The molecule has 1 aliphatic heterocycles. The second-order valence-electron chi connectivity index (χ2n) is 5.12. The van der Waals surface area contributed by atoms with Gasteiger partial charge in [-0.05, 0) is 58.8 Å². The van der Waals surface area contributed by atoms with E-state index in [0.29, 0.717) is 6.04 Å². The predicted molar refractivity (Wildman–Crippen MR) is 71.2 cm³/mol. The lowest BCUT2D eigenvalue weighted by molar-refractivity contribution is 0.213. The Hall–Kier alpha value is 0.0700. The van der Waals surface area contributed by atoms with Crippen molar-refractivity contribution in [2.24, 2.45) is 5.92 Å². The number of piperidine rings is 1. The quantitative estimate of drug-likeness (QED) is 0.761. The van der Waals surface area contributed by atoms with Crippen LogP contribution in [0.25, 0.3) is 0 Å². The summed E-state index contributed by atoms with van der Waals surface area (Å²) in [4.78, 5) is 2.40. The summed E-state index contributed by atoms with van der Waals surface area (Å²) in [6.07, 6.45) is 5.44. The third-order valence-corrected chi connectivity index (χ3v) is 4.24. The van der Waals surface area contributed by atoms with Gasteiger partial charge in [0.05, 0.1) is 0 Å². The molecule has 1 fully saturated rings. The van der Waals surface area contributed by atoms with Crippen molar-refractivity contribution in [3.05, 3.63) is 0 Å². The van der Waals surface area contributed by atoms with Crippen LogP contribution in [0.1, 0.15) is 26.2 Å². The van der Waals surface area contributed by atoms with Gasteiger partial charge in [-0.3, -0.25) is 4.21 Å². The van der Waals surface area contributed by atoms with Crippen molar-refractivity contribution in [1.29, 1.82) is 0 Å². The van der Waals surface area contributed by atoms with Crippen LogP contribution in [-0.2, 0) is 10.8 Å². The molecule has 0 aromatic carbocycles. The molecule has 0 spiro atoms. The van der Waals surface area contributed by atoms with Crippen LogP contribution < -0.4 is 5.32 Å². The van der Waals surface area contributed by atoms with Crippen LogP contribution in [-0.4, -0.2) is 53.8 Å². The number of nitrogens with one attached hydrogen (secondary N) is 1. The van der Waals surface area contributed by atoms with Crippen LogP contribution in [0.2, 0.25) is 0 Å². The maximum Gasteiger partial charge on any atom is 0.0246 e. The summed E-state index contributed by atoms with van der Waals surface area (Å²) in [5.41, 5.74) is 0. The third-order valence-electron chi connectivity index (χ3n) is 3.43. The molecule has 1 aliphatic rings. The molecule has 1 rings (SSSR count). The zero-order chi connectivity index (χ0) is 12.0. The Bertz CT molecular complexity index is 215. The lowest BCUT2D eigenvalue weighted by atomic mass is 9.97. The first-order valence-electron chi connectivity index (χ1n) is 6.30. The molecule has 0 aliphatic carbocycles. The van der Waals surface area contributed by atoms with Crippen molar-refractivity contribution in [3.63, 3.8) is 0 Å². The highest BCUT2D eigenvalue weighted by Gasteiger charge is 2.16. The first-order chi connectivity index (χ1) is 7.58. The molecule has 0 amide bonds. The standard InChI is InChI=1S/C12H26N2OS/c1-11(6-9-16(3)15)13-10-12-4-7-14(2)8-5-12/h11-13H,4-10H2,1-3H3. The molecular weight excluding hydrogens is 220 g/mol. The molecule has 4 heteroatoms. The van der Waals surface area contributed by atoms with Crippen LogP contribution in [0, 0.1) is 5.92 Å². The second kappa shape index (κ2) is 7.41. The number of hydrogen-bond acceptors (Lipinski definition) is 3. The zero-order valence-corrected chi connectivity index (χ0v) is 11.7. The molecule has 2 unspecified atom stereocenters. The highest BCUT2D eigenvalue weighted by Crippen LogP contribution is 2.14. The predicted octanol–water partition coefficient (Wildman–Crippen LogP) is 1.07. The van der Waals surface area contributed by atoms with E-state index in [-0.39, 0.29) is 0 Å². The molecular formula is C12H26N2OS. The monoisotopic (exact) mass is 246 g/mol. The Kier molecular flexibility index (Phi) is 6.54. The summed E-state index contributed by atoms with van der Waals surface area (Å²) < 4.78 is 11.0. The summed E-state index contributed by atoms with van der Waals surface area (Å²) >= 11 is 0. The lowest BCUT2D eigenvalue weighted by Gasteiger charge is -2.29. The van der Waals surface area contributed by atoms with E-state index in [4.69, 9.17) is 0 Å². The van der Waals surface area contributed by atoms with Gasteiger partial charge >= 0.3 is 0 Å². The van der Waals surface area contributed by atoms with E-state index in [1.807, 2.05) is 0 Å². The average Bonchev–Trinajstić information content (AvgIpc) is 2.25. The minimum absolute atomic E-state index is 0.503. The molecule has 2 atom stereocenters. The molecule has 0 bridgehead atoms. The van der Waals surface area contributed by atoms with Gasteiger partial charge in [-0.25, -0.2) is 0 Å². The van der Waals surface area contributed by atoms with E-state index >= 15 is 0 Å². The minimum Gasteiger partial charge on any atom is -0.314 e. The number of nitrogens with zero attached hydrogens (tertiary/aromatic N) is 1. The van der Waals surface area contributed by atoms with Gasteiger partial charge in [-0.1, -0.05) is 0 Å². The molecule has 1 heterocycles. The molecule has 0 aromatic rings. The first kappa shape index (κ1) is 14.1. The molecule has 96 valence electrons. The van der Waals surface area contributed by atoms with E-state index in [1.54, 1.807) is 6.26 Å². The van der Waals surface area contributed by atoms with E-state index in [9.17, 15) is 4.21 Å². The van der Waals surface area contributed by atoms with Gasteiger partial charge in [0, 0.05) is 28.9 Å². The van der Waals surface area contributed by atoms with Crippen LogP contribution in [0.15, 0.2) is 0 Å². The maximum absolute atomic E-state index is 11.0. The Balaban J connectivity index is 2.07. The Labute approximate surface area is 102 Å². The average molecular weight is 246 g/mol. The van der Waals surface area contributed by atoms with Gasteiger partial charge in [0.25, 0.3) is 0 Å². The normalized spacial score (nSPS) is 23.2. The smallest absolute Gasteiger partial charge is 0.0246 e. The van der Waals surface area contributed by atoms with Crippen LogP contribution in [0.5, 0.6) is 0 Å². The SMILES string of the molecule is CC(CCS(C)=O)NCC1CCN(C)CC1. The highest BCUT2D eigenvalue weighted by molar-refractivity contribution is 7.84. The van der Waals surface area contributed by atoms with Gasteiger partial charge in [-0.15, -0.1) is 0 Å². The Morgan fingerprint density at radius 1 is 1.44 bits per heavy atom. The van der Waals surface area contributed by atoms with Crippen molar-refractivity contribution in [1.82, 2.24) is 10.2 Å². The summed E-state index contributed by atoms with van der Waals surface area (Å²) in [5.74, 6) is 1.66. The Morgan fingerprint density at radius 3 is 2.62 bits per heavy atom. The van der Waals surface area contributed by atoms with Gasteiger partial charge in [-0.2, -0.15) is 0 Å². The van der Waals surface area contributed by atoms with E-state index in [2.05, 4.69) is 24.2 Å². The minimum atomic E-state index is -0.646. The molecule has 1 saturated heterocycles. The lowest BCUT2D eigenvalue weighted by Crippen LogP contribution is -2.38. The summed E-state index contributed by atoms with van der Waals surface area (Å²) in [7, 11) is 1.55. The first-order valence-corrected chi connectivity index (χ1v) is 8.02. The fraction of sp³-hybridized carbons (Fsp3) is 1.00. The van der Waals surface area contributed by atoms with Crippen molar-refractivity contribution in [3.8, 4) is 0 Å². The maximum atomic E-state index is 11.0. The number of rotatable bonds is 6. The van der Waals surface area contributed by atoms with Gasteiger partial charge in [0.1, 0.15) is 0 Å². The number of hydrogen-bond donors (Lipinski definition) is 1. The van der Waals surface area contributed by atoms with Crippen LogP contribution in [0.4, 0.5) is 0 Å².